The molecule has 4 rings (SSSR count). The van der Waals surface area contributed by atoms with Gasteiger partial charge in [-0.2, -0.15) is 8.78 Å². The average molecular weight is 369 g/mol. The second-order valence-corrected chi connectivity index (χ2v) is 6.69. The lowest BCUT2D eigenvalue weighted by Crippen LogP contribution is -2.04. The number of fused-ring (bicyclic) bond motifs is 1. The molecule has 7 heteroatoms. The summed E-state index contributed by atoms with van der Waals surface area (Å²) in [7, 11) is 0. The van der Waals surface area contributed by atoms with Crippen molar-refractivity contribution >= 4 is 22.4 Å². The molecule has 4 aromatic rings. The highest BCUT2D eigenvalue weighted by molar-refractivity contribution is 7.18. The number of ether oxygens (including phenoxy) is 1. The molecule has 0 spiro atoms. The minimum atomic E-state index is -2.93. The number of nitrogens with zero attached hydrogens (tertiary/aromatic N) is 3. The molecule has 4 nitrogen and oxygen atoms in total. The van der Waals surface area contributed by atoms with Crippen LogP contribution in [0.1, 0.15) is 5.56 Å². The van der Waals surface area contributed by atoms with Gasteiger partial charge in [0.15, 0.2) is 0 Å². The van der Waals surface area contributed by atoms with Crippen LogP contribution in [0.3, 0.4) is 0 Å². The Bertz CT molecular complexity index is 1070. The Morgan fingerprint density at radius 2 is 1.85 bits per heavy atom. The van der Waals surface area contributed by atoms with E-state index in [1.807, 2.05) is 43.3 Å². The van der Waals surface area contributed by atoms with E-state index in [4.69, 9.17) is 0 Å². The van der Waals surface area contributed by atoms with Crippen LogP contribution in [0.25, 0.3) is 32.0 Å². The molecule has 0 fully saturated rings. The molecule has 2 heterocycles. The molecule has 26 heavy (non-hydrogen) atoms. The van der Waals surface area contributed by atoms with Crippen molar-refractivity contribution in [2.24, 2.45) is 0 Å². The Balaban J connectivity index is 1.80. The van der Waals surface area contributed by atoms with Crippen molar-refractivity contribution in [3.8, 4) is 26.9 Å². The molecule has 0 aliphatic heterocycles. The van der Waals surface area contributed by atoms with Gasteiger partial charge in [0, 0.05) is 17.3 Å². The van der Waals surface area contributed by atoms with Crippen LogP contribution in [0.4, 0.5) is 8.78 Å². The van der Waals surface area contributed by atoms with E-state index in [9.17, 15) is 8.78 Å². The zero-order chi connectivity index (χ0) is 18.1. The fourth-order valence-electron chi connectivity index (χ4n) is 2.70. The minimum Gasteiger partial charge on any atom is -0.415 e. The Labute approximate surface area is 152 Å². The lowest BCUT2D eigenvalue weighted by atomic mass is 10.1. The first-order chi connectivity index (χ1) is 12.6. The van der Waals surface area contributed by atoms with Crippen molar-refractivity contribution in [3.05, 3.63) is 60.4 Å². The number of aromatic nitrogens is 3. The topological polar surface area (TPSA) is 47.9 Å². The standard InChI is InChI=1S/C19H13F2N3OS/c1-11-7-13(15-9-23-18(26-15)12-5-3-2-4-6-12)17-14(8-11)24-16(10-22-17)25-19(20)21/h2-10,19H,1H3. The van der Waals surface area contributed by atoms with Crippen molar-refractivity contribution in [2.75, 3.05) is 0 Å². The van der Waals surface area contributed by atoms with Gasteiger partial charge in [0.2, 0.25) is 5.88 Å². The van der Waals surface area contributed by atoms with E-state index in [2.05, 4.69) is 19.7 Å². The molecule has 0 N–H and O–H groups in total. The second-order valence-electron chi connectivity index (χ2n) is 5.66. The van der Waals surface area contributed by atoms with Gasteiger partial charge in [-0.25, -0.2) is 15.0 Å². The summed E-state index contributed by atoms with van der Waals surface area (Å²) in [6.07, 6.45) is 3.01. The van der Waals surface area contributed by atoms with Crippen molar-refractivity contribution in [1.82, 2.24) is 15.0 Å². The maximum absolute atomic E-state index is 12.4. The minimum absolute atomic E-state index is 0.196. The van der Waals surface area contributed by atoms with Gasteiger partial charge in [0.05, 0.1) is 22.1 Å². The SMILES string of the molecule is Cc1cc(-c2cnc(-c3ccccc3)s2)c2ncc(OC(F)F)nc2c1. The monoisotopic (exact) mass is 369 g/mol. The number of hydrogen-bond donors (Lipinski definition) is 0. The molecule has 0 radical (unpaired) electrons. The number of aryl methyl sites for hydroxylation is 1. The van der Waals surface area contributed by atoms with Gasteiger partial charge in [-0.15, -0.1) is 11.3 Å². The first-order valence-corrected chi connectivity index (χ1v) is 8.65. The molecular weight excluding hydrogens is 356 g/mol. The predicted molar refractivity (Wildman–Crippen MR) is 97.5 cm³/mol. The van der Waals surface area contributed by atoms with Crippen molar-refractivity contribution in [1.29, 1.82) is 0 Å². The fraction of sp³-hybridized carbons (Fsp3) is 0.105. The number of thiazole rings is 1. The molecule has 0 unspecified atom stereocenters. The van der Waals surface area contributed by atoms with E-state index in [0.717, 1.165) is 26.6 Å². The van der Waals surface area contributed by atoms with Crippen molar-refractivity contribution in [3.63, 3.8) is 0 Å². The molecule has 0 aliphatic rings. The van der Waals surface area contributed by atoms with E-state index in [-0.39, 0.29) is 5.88 Å². The lowest BCUT2D eigenvalue weighted by Gasteiger charge is -2.08. The Kier molecular flexibility index (Phi) is 4.30. The summed E-state index contributed by atoms with van der Waals surface area (Å²) >= 11 is 1.55. The van der Waals surface area contributed by atoms with Gasteiger partial charge >= 0.3 is 6.61 Å². The van der Waals surface area contributed by atoms with Crippen molar-refractivity contribution in [2.45, 2.75) is 13.5 Å². The van der Waals surface area contributed by atoms with Gasteiger partial charge in [-0.3, -0.25) is 0 Å². The van der Waals surface area contributed by atoms with Gasteiger partial charge in [0.25, 0.3) is 0 Å². The first-order valence-electron chi connectivity index (χ1n) is 7.84. The largest absolute Gasteiger partial charge is 0.415 e. The van der Waals surface area contributed by atoms with Gasteiger partial charge < -0.3 is 4.74 Å². The molecule has 130 valence electrons. The van der Waals surface area contributed by atoms with Crippen LogP contribution in [0, 0.1) is 6.92 Å². The molecule has 2 aromatic carbocycles. The molecule has 0 amide bonds. The van der Waals surface area contributed by atoms with E-state index in [0.29, 0.717) is 11.0 Å². The summed E-state index contributed by atoms with van der Waals surface area (Å²) < 4.78 is 29.2. The van der Waals surface area contributed by atoms with Crippen LogP contribution < -0.4 is 4.74 Å². The Morgan fingerprint density at radius 1 is 1.04 bits per heavy atom. The van der Waals surface area contributed by atoms with Crippen molar-refractivity contribution < 1.29 is 13.5 Å². The molecule has 0 atom stereocenters. The van der Waals surface area contributed by atoms with E-state index < -0.39 is 6.61 Å². The quantitative estimate of drug-likeness (QED) is 0.488. The summed E-state index contributed by atoms with van der Waals surface area (Å²) in [5.74, 6) is -0.196. The first kappa shape index (κ1) is 16.5. The number of halogens is 2. The molecule has 0 saturated carbocycles. The van der Waals surface area contributed by atoms with Crippen LogP contribution in [0.2, 0.25) is 0 Å². The molecule has 0 aliphatic carbocycles. The number of alkyl halides is 2. The highest BCUT2D eigenvalue weighted by Gasteiger charge is 2.14. The highest BCUT2D eigenvalue weighted by atomic mass is 32.1. The second kappa shape index (κ2) is 6.76. The molecule has 0 bridgehead atoms. The normalized spacial score (nSPS) is 11.2. The van der Waals surface area contributed by atoms with Crippen LogP contribution in [-0.2, 0) is 0 Å². The van der Waals surface area contributed by atoms with Crippen LogP contribution in [0.15, 0.2) is 54.9 Å². The zero-order valence-electron chi connectivity index (χ0n) is 13.7. The predicted octanol–water partition coefficient (Wildman–Crippen LogP) is 5.33. The lowest BCUT2D eigenvalue weighted by molar-refractivity contribution is -0.0528. The third kappa shape index (κ3) is 3.25. The summed E-state index contributed by atoms with van der Waals surface area (Å²) in [5.41, 5.74) is 3.99. The summed E-state index contributed by atoms with van der Waals surface area (Å²) in [4.78, 5) is 13.9. The summed E-state index contributed by atoms with van der Waals surface area (Å²) in [6, 6.07) is 13.7. The number of benzene rings is 2. The summed E-state index contributed by atoms with van der Waals surface area (Å²) in [5, 5.41) is 0.904. The van der Waals surface area contributed by atoms with Gasteiger partial charge in [-0.1, -0.05) is 30.3 Å². The maximum atomic E-state index is 12.4. The number of hydrogen-bond acceptors (Lipinski definition) is 5. The Hall–Kier alpha value is -2.93. The van der Waals surface area contributed by atoms with E-state index >= 15 is 0 Å². The Morgan fingerprint density at radius 3 is 2.62 bits per heavy atom. The smallest absolute Gasteiger partial charge is 0.388 e. The molecule has 2 aromatic heterocycles. The van der Waals surface area contributed by atoms with Gasteiger partial charge in [0.1, 0.15) is 5.01 Å². The highest BCUT2D eigenvalue weighted by Crippen LogP contribution is 2.36. The maximum Gasteiger partial charge on any atom is 0.388 e. The van der Waals surface area contributed by atoms with Crippen LogP contribution in [0.5, 0.6) is 5.88 Å². The van der Waals surface area contributed by atoms with E-state index in [1.54, 1.807) is 23.6 Å². The summed E-state index contributed by atoms with van der Waals surface area (Å²) in [6.45, 7) is -1.01. The van der Waals surface area contributed by atoms with Crippen LogP contribution >= 0.6 is 11.3 Å². The number of rotatable bonds is 4. The third-order valence-corrected chi connectivity index (χ3v) is 4.85. The average Bonchev–Trinajstić information content (AvgIpc) is 3.11. The zero-order valence-corrected chi connectivity index (χ0v) is 14.5. The van der Waals surface area contributed by atoms with E-state index in [1.165, 1.54) is 6.20 Å². The third-order valence-electron chi connectivity index (χ3n) is 3.77. The molecular formula is C19H13F2N3OS. The van der Waals surface area contributed by atoms with Crippen LogP contribution in [-0.4, -0.2) is 21.6 Å². The fourth-order valence-corrected chi connectivity index (χ4v) is 3.64. The molecule has 0 saturated heterocycles. The van der Waals surface area contributed by atoms with Gasteiger partial charge in [-0.05, 0) is 24.6 Å².